The van der Waals surface area contributed by atoms with E-state index in [0.29, 0.717) is 23.6 Å². The lowest BCUT2D eigenvalue weighted by molar-refractivity contribution is -0.161. The summed E-state index contributed by atoms with van der Waals surface area (Å²) in [4.78, 5) is 12.8. The Morgan fingerprint density at radius 2 is 1.74 bits per heavy atom. The van der Waals surface area contributed by atoms with Crippen molar-refractivity contribution in [1.82, 2.24) is 10.6 Å². The van der Waals surface area contributed by atoms with E-state index in [1.54, 1.807) is 0 Å². The van der Waals surface area contributed by atoms with Crippen LogP contribution in [0.4, 0.5) is 26.3 Å². The van der Waals surface area contributed by atoms with Crippen LogP contribution in [0.3, 0.4) is 0 Å². The number of aliphatic hydroxyl groups is 1. The fourth-order valence-corrected chi connectivity index (χ4v) is 4.33. The van der Waals surface area contributed by atoms with Gasteiger partial charge < -0.3 is 14.8 Å². The van der Waals surface area contributed by atoms with Crippen molar-refractivity contribution in [3.05, 3.63) is 47.5 Å². The van der Waals surface area contributed by atoms with E-state index in [2.05, 4.69) is 10.6 Å². The van der Waals surface area contributed by atoms with Crippen molar-refractivity contribution in [1.29, 1.82) is 5.26 Å². The van der Waals surface area contributed by atoms with E-state index in [-0.39, 0.29) is 22.3 Å². The minimum Gasteiger partial charge on any atom is -0.456 e. The zero-order valence-corrected chi connectivity index (χ0v) is 20.4. The van der Waals surface area contributed by atoms with Crippen molar-refractivity contribution in [3.63, 3.8) is 0 Å². The summed E-state index contributed by atoms with van der Waals surface area (Å²) in [6, 6.07) is 5.33. The second-order valence-corrected chi connectivity index (χ2v) is 10.2. The summed E-state index contributed by atoms with van der Waals surface area (Å²) in [5.41, 5.74) is -3.34. The van der Waals surface area contributed by atoms with Gasteiger partial charge in [-0.3, -0.25) is 10.1 Å². The van der Waals surface area contributed by atoms with E-state index in [4.69, 9.17) is 4.42 Å². The van der Waals surface area contributed by atoms with Gasteiger partial charge in [0.1, 0.15) is 34.5 Å². The smallest absolute Gasteiger partial charge is 0.407 e. The monoisotopic (exact) mass is 541 g/mol. The van der Waals surface area contributed by atoms with E-state index in [9.17, 15) is 41.5 Å². The molecule has 1 aliphatic rings. The Morgan fingerprint density at radius 1 is 1.08 bits per heavy atom. The van der Waals surface area contributed by atoms with Crippen LogP contribution in [-0.2, 0) is 4.79 Å². The molecule has 0 radical (unpaired) electrons. The Bertz CT molecular complexity index is 1390. The first-order valence-corrected chi connectivity index (χ1v) is 11.8. The number of nitriles is 1. The van der Waals surface area contributed by atoms with E-state index < -0.39 is 54.3 Å². The summed E-state index contributed by atoms with van der Waals surface area (Å²) in [6.45, 7) is 2.27. The van der Waals surface area contributed by atoms with Crippen LogP contribution >= 0.6 is 0 Å². The summed E-state index contributed by atoms with van der Waals surface area (Å²) in [5.74, 6) is -0.918. The molecule has 1 aromatic heterocycles. The molecule has 0 saturated heterocycles. The van der Waals surface area contributed by atoms with Gasteiger partial charge in [-0.05, 0) is 56.0 Å². The Balaban J connectivity index is 1.70. The zero-order chi connectivity index (χ0) is 28.0. The van der Waals surface area contributed by atoms with Gasteiger partial charge in [-0.25, -0.2) is 13.2 Å². The van der Waals surface area contributed by atoms with Crippen LogP contribution in [0.1, 0.15) is 56.4 Å². The zero-order valence-electron chi connectivity index (χ0n) is 20.4. The van der Waals surface area contributed by atoms with Crippen molar-refractivity contribution < 1.29 is 40.7 Å². The number of amides is 1. The summed E-state index contributed by atoms with van der Waals surface area (Å²) in [5, 5.41) is 24.2. The predicted octanol–water partition coefficient (Wildman–Crippen LogP) is 5.76. The van der Waals surface area contributed by atoms with Gasteiger partial charge in [0.25, 0.3) is 6.43 Å². The second-order valence-electron chi connectivity index (χ2n) is 10.2. The Hall–Kier alpha value is -3.30. The number of hydrogen-bond donors (Lipinski definition) is 3. The van der Waals surface area contributed by atoms with Crippen molar-refractivity contribution in [3.8, 4) is 6.07 Å². The SMILES string of the molecule is CC(C)(F)CC(NC(c1ccc2c(c1)oc1ccc(C(O)C(F)F)cc12)C(F)(F)F)C(=O)NC1(C#N)CC1. The minimum atomic E-state index is -4.90. The lowest BCUT2D eigenvalue weighted by atomic mass is 9.96. The van der Waals surface area contributed by atoms with E-state index in [1.807, 2.05) is 6.07 Å². The van der Waals surface area contributed by atoms with Gasteiger partial charge >= 0.3 is 6.18 Å². The Kier molecular flexibility index (Phi) is 7.14. The molecule has 204 valence electrons. The van der Waals surface area contributed by atoms with Crippen LogP contribution in [0.15, 0.2) is 40.8 Å². The van der Waals surface area contributed by atoms with Crippen molar-refractivity contribution >= 4 is 27.8 Å². The molecule has 1 aliphatic carbocycles. The van der Waals surface area contributed by atoms with Gasteiger partial charge in [0.05, 0.1) is 12.1 Å². The highest BCUT2D eigenvalue weighted by atomic mass is 19.4. The number of aliphatic hydroxyl groups excluding tert-OH is 1. The number of fused-ring (bicyclic) bond motifs is 3. The molecule has 1 heterocycles. The average molecular weight is 541 g/mol. The first-order chi connectivity index (χ1) is 17.6. The minimum absolute atomic E-state index is 0.0190. The highest BCUT2D eigenvalue weighted by molar-refractivity contribution is 6.05. The van der Waals surface area contributed by atoms with Crippen LogP contribution in [-0.4, -0.2) is 40.9 Å². The fraction of sp³-hybridized carbons (Fsp3) is 0.462. The Morgan fingerprint density at radius 3 is 2.29 bits per heavy atom. The fourth-order valence-electron chi connectivity index (χ4n) is 4.33. The first kappa shape index (κ1) is 27.7. The van der Waals surface area contributed by atoms with Gasteiger partial charge in [0.15, 0.2) is 0 Å². The van der Waals surface area contributed by atoms with Crippen LogP contribution in [0.25, 0.3) is 21.9 Å². The molecule has 4 rings (SSSR count). The van der Waals surface area contributed by atoms with Crippen molar-refractivity contribution in [2.75, 3.05) is 0 Å². The molecule has 2 aromatic carbocycles. The maximum atomic E-state index is 14.5. The molecule has 0 bridgehead atoms. The van der Waals surface area contributed by atoms with Crippen molar-refractivity contribution in [2.24, 2.45) is 0 Å². The lowest BCUT2D eigenvalue weighted by Crippen LogP contribution is -2.53. The topological polar surface area (TPSA) is 98.3 Å². The summed E-state index contributed by atoms with van der Waals surface area (Å²) >= 11 is 0. The maximum Gasteiger partial charge on any atom is 0.407 e. The highest BCUT2D eigenvalue weighted by Crippen LogP contribution is 2.39. The predicted molar refractivity (Wildman–Crippen MR) is 126 cm³/mol. The molecule has 1 amide bonds. The number of furan rings is 1. The van der Waals surface area contributed by atoms with Gasteiger partial charge in [-0.15, -0.1) is 0 Å². The maximum absolute atomic E-state index is 14.5. The number of carbonyl (C=O) groups excluding carboxylic acids is 1. The molecule has 1 saturated carbocycles. The van der Waals surface area contributed by atoms with Gasteiger partial charge in [0, 0.05) is 17.2 Å². The molecular weight excluding hydrogens is 516 g/mol. The average Bonchev–Trinajstić information content (AvgIpc) is 3.50. The van der Waals surface area contributed by atoms with E-state index >= 15 is 0 Å². The quantitative estimate of drug-likeness (QED) is 0.300. The molecule has 0 aliphatic heterocycles. The molecule has 0 spiro atoms. The summed E-state index contributed by atoms with van der Waals surface area (Å²) < 4.78 is 88.7. The third kappa shape index (κ3) is 5.89. The molecule has 3 unspecified atom stereocenters. The van der Waals surface area contributed by atoms with Gasteiger partial charge in [-0.2, -0.15) is 18.4 Å². The van der Waals surface area contributed by atoms with E-state index in [1.165, 1.54) is 24.3 Å². The molecule has 1 fully saturated rings. The number of rotatable bonds is 9. The molecular formula is C26H25F6N3O3. The number of nitrogens with one attached hydrogen (secondary N) is 2. The number of hydrogen-bond acceptors (Lipinski definition) is 5. The van der Waals surface area contributed by atoms with Gasteiger partial charge in [0.2, 0.25) is 5.91 Å². The third-order valence-corrected chi connectivity index (χ3v) is 6.46. The number of halogens is 6. The van der Waals surface area contributed by atoms with Crippen LogP contribution in [0, 0.1) is 11.3 Å². The normalized spacial score (nSPS) is 17.8. The van der Waals surface area contributed by atoms with Crippen molar-refractivity contribution in [2.45, 2.75) is 75.1 Å². The molecule has 3 N–H and O–H groups in total. The second kappa shape index (κ2) is 9.78. The number of nitrogens with zero attached hydrogens (tertiary/aromatic N) is 1. The van der Waals surface area contributed by atoms with Crippen LogP contribution in [0.5, 0.6) is 0 Å². The summed E-state index contributed by atoms with van der Waals surface area (Å²) in [6.07, 6.45) is -9.86. The number of alkyl halides is 6. The summed E-state index contributed by atoms with van der Waals surface area (Å²) in [7, 11) is 0. The Labute approximate surface area is 213 Å². The molecule has 12 heteroatoms. The molecule has 3 aromatic rings. The van der Waals surface area contributed by atoms with E-state index in [0.717, 1.165) is 26.0 Å². The molecule has 6 nitrogen and oxygen atoms in total. The van der Waals surface area contributed by atoms with Gasteiger partial charge in [-0.1, -0.05) is 18.2 Å². The largest absolute Gasteiger partial charge is 0.456 e. The molecule has 3 atom stereocenters. The third-order valence-electron chi connectivity index (χ3n) is 6.46. The molecule has 38 heavy (non-hydrogen) atoms. The highest BCUT2D eigenvalue weighted by Gasteiger charge is 2.48. The number of benzene rings is 2. The lowest BCUT2D eigenvalue weighted by Gasteiger charge is -2.30. The first-order valence-electron chi connectivity index (χ1n) is 11.8. The number of carbonyl (C=O) groups is 1. The van der Waals surface area contributed by atoms with Crippen LogP contribution in [0.2, 0.25) is 0 Å². The standard InChI is InChI=1S/C26H25F6N3O3/c1-24(2,29)11-17(23(37)35-25(12-33)7-8-25)34-21(26(30,31)32)14-3-5-15-16-9-13(20(36)22(27)28)4-6-18(16)38-19(15)10-14/h3-6,9-10,17,20-22,34,36H,7-8,11H2,1-2H3,(H,35,37). The van der Waals surface area contributed by atoms with Crippen LogP contribution < -0.4 is 10.6 Å².